The Labute approximate surface area is 125 Å². The van der Waals surface area contributed by atoms with Crippen molar-refractivity contribution < 1.29 is 9.47 Å². The van der Waals surface area contributed by atoms with Gasteiger partial charge in [0.1, 0.15) is 11.9 Å². The van der Waals surface area contributed by atoms with Gasteiger partial charge in [0.2, 0.25) is 0 Å². The first-order valence-electron chi connectivity index (χ1n) is 7.58. The normalized spacial score (nSPS) is 22.4. The van der Waals surface area contributed by atoms with Crippen LogP contribution in [0.1, 0.15) is 31.2 Å². The molecular formula is C17H22N2O2. The highest BCUT2D eigenvalue weighted by molar-refractivity contribution is 5.86. The third kappa shape index (κ3) is 3.01. The van der Waals surface area contributed by atoms with Crippen LogP contribution in [0.15, 0.2) is 30.5 Å². The topological polar surface area (TPSA) is 57.4 Å². The number of benzene rings is 1. The van der Waals surface area contributed by atoms with Crippen molar-refractivity contribution in [3.8, 4) is 5.75 Å². The molecule has 4 heteroatoms. The van der Waals surface area contributed by atoms with Gasteiger partial charge in [-0.1, -0.05) is 12.1 Å². The summed E-state index contributed by atoms with van der Waals surface area (Å²) in [5.74, 6) is 0.893. The number of hydrogen-bond acceptors (Lipinski definition) is 4. The number of methoxy groups -OCH3 is 1. The van der Waals surface area contributed by atoms with Gasteiger partial charge in [-0.25, -0.2) is 0 Å². The maximum atomic E-state index is 6.32. The van der Waals surface area contributed by atoms with Gasteiger partial charge in [-0.2, -0.15) is 0 Å². The van der Waals surface area contributed by atoms with Gasteiger partial charge in [-0.3, -0.25) is 4.98 Å². The number of hydrogen-bond donors (Lipinski definition) is 1. The van der Waals surface area contributed by atoms with Gasteiger partial charge in [0, 0.05) is 37.2 Å². The molecule has 2 unspecified atom stereocenters. The highest BCUT2D eigenvalue weighted by Gasteiger charge is 2.24. The number of rotatable bonds is 4. The fraction of sp³-hybridized carbons (Fsp3) is 0.471. The van der Waals surface area contributed by atoms with Crippen molar-refractivity contribution in [1.29, 1.82) is 0 Å². The molecule has 1 aliphatic rings. The van der Waals surface area contributed by atoms with Crippen molar-refractivity contribution in [3.63, 3.8) is 0 Å². The molecule has 1 aromatic heterocycles. The summed E-state index contributed by atoms with van der Waals surface area (Å²) in [6.07, 6.45) is 6.60. The smallest absolute Gasteiger partial charge is 0.135 e. The fourth-order valence-corrected chi connectivity index (χ4v) is 3.03. The van der Waals surface area contributed by atoms with Crippen molar-refractivity contribution in [2.45, 2.75) is 44.4 Å². The Morgan fingerprint density at radius 1 is 1.24 bits per heavy atom. The molecule has 1 aliphatic carbocycles. The van der Waals surface area contributed by atoms with Crippen molar-refractivity contribution in [2.24, 2.45) is 5.73 Å². The van der Waals surface area contributed by atoms with E-state index in [-0.39, 0.29) is 6.10 Å². The van der Waals surface area contributed by atoms with E-state index < -0.39 is 0 Å². The molecule has 0 saturated heterocycles. The standard InChI is InChI=1S/C17H22N2O2/c1-20-13-5-4-6-14(9-13)21-17-12(10-18)11-19-16-8-3-2-7-15(16)17/h2-3,7-8,11,13-14H,4-6,9-10,18H2,1H3. The second-order valence-corrected chi connectivity index (χ2v) is 5.60. The van der Waals surface area contributed by atoms with Crippen LogP contribution in [0.25, 0.3) is 10.9 Å². The molecule has 3 rings (SSSR count). The van der Waals surface area contributed by atoms with Crippen LogP contribution >= 0.6 is 0 Å². The quantitative estimate of drug-likeness (QED) is 0.938. The minimum atomic E-state index is 0.194. The molecule has 1 aromatic carbocycles. The summed E-state index contributed by atoms with van der Waals surface area (Å²) in [6, 6.07) is 8.05. The van der Waals surface area contributed by atoms with Crippen LogP contribution in [0.3, 0.4) is 0 Å². The number of nitrogens with two attached hydrogens (primary N) is 1. The molecule has 4 nitrogen and oxygen atoms in total. The molecule has 21 heavy (non-hydrogen) atoms. The fourth-order valence-electron chi connectivity index (χ4n) is 3.03. The lowest BCUT2D eigenvalue weighted by Crippen LogP contribution is -2.30. The van der Waals surface area contributed by atoms with Gasteiger partial charge in [-0.15, -0.1) is 0 Å². The maximum Gasteiger partial charge on any atom is 0.135 e. The zero-order valence-electron chi connectivity index (χ0n) is 12.4. The zero-order valence-corrected chi connectivity index (χ0v) is 12.4. The van der Waals surface area contributed by atoms with Crippen LogP contribution in [-0.4, -0.2) is 24.3 Å². The minimum Gasteiger partial charge on any atom is -0.489 e. The summed E-state index contributed by atoms with van der Waals surface area (Å²) in [5, 5.41) is 1.04. The predicted molar refractivity (Wildman–Crippen MR) is 83.3 cm³/mol. The zero-order chi connectivity index (χ0) is 14.7. The number of fused-ring (bicyclic) bond motifs is 1. The average molecular weight is 286 g/mol. The highest BCUT2D eigenvalue weighted by Crippen LogP contribution is 2.32. The Bertz CT molecular complexity index is 615. The van der Waals surface area contributed by atoms with Crippen molar-refractivity contribution in [1.82, 2.24) is 4.98 Å². The summed E-state index contributed by atoms with van der Waals surface area (Å²) in [7, 11) is 1.78. The molecular weight excluding hydrogens is 264 g/mol. The van der Waals surface area contributed by atoms with Gasteiger partial charge in [0.15, 0.2) is 0 Å². The van der Waals surface area contributed by atoms with E-state index in [1.165, 1.54) is 0 Å². The van der Waals surface area contributed by atoms with Crippen LogP contribution in [0, 0.1) is 0 Å². The Morgan fingerprint density at radius 2 is 2.05 bits per heavy atom. The molecule has 112 valence electrons. The summed E-state index contributed by atoms with van der Waals surface area (Å²) in [5.41, 5.74) is 7.77. The highest BCUT2D eigenvalue weighted by atomic mass is 16.5. The van der Waals surface area contributed by atoms with E-state index in [9.17, 15) is 0 Å². The van der Waals surface area contributed by atoms with Gasteiger partial charge in [-0.05, 0) is 31.4 Å². The van der Waals surface area contributed by atoms with E-state index in [1.807, 2.05) is 30.5 Å². The molecule has 1 saturated carbocycles. The SMILES string of the molecule is COC1CCCC(Oc2c(CN)cnc3ccccc23)C1. The summed E-state index contributed by atoms with van der Waals surface area (Å²) in [6.45, 7) is 0.438. The molecule has 1 fully saturated rings. The van der Waals surface area contributed by atoms with Gasteiger partial charge in [0.05, 0.1) is 11.6 Å². The molecule has 0 bridgehead atoms. The van der Waals surface area contributed by atoms with Crippen LogP contribution < -0.4 is 10.5 Å². The largest absolute Gasteiger partial charge is 0.489 e. The van der Waals surface area contributed by atoms with E-state index in [4.69, 9.17) is 15.2 Å². The lowest BCUT2D eigenvalue weighted by molar-refractivity contribution is 0.0211. The number of para-hydroxylation sites is 1. The second-order valence-electron chi connectivity index (χ2n) is 5.60. The summed E-state index contributed by atoms with van der Waals surface area (Å²) < 4.78 is 11.8. The van der Waals surface area contributed by atoms with E-state index >= 15 is 0 Å². The van der Waals surface area contributed by atoms with Gasteiger partial charge in [0.25, 0.3) is 0 Å². The van der Waals surface area contributed by atoms with Crippen molar-refractivity contribution in [3.05, 3.63) is 36.0 Å². The molecule has 0 aliphatic heterocycles. The number of nitrogens with zero attached hydrogens (tertiary/aromatic N) is 1. The lowest BCUT2D eigenvalue weighted by Gasteiger charge is -2.29. The molecule has 2 aromatic rings. The lowest BCUT2D eigenvalue weighted by atomic mass is 9.94. The third-order valence-electron chi connectivity index (χ3n) is 4.22. The minimum absolute atomic E-state index is 0.194. The average Bonchev–Trinajstić information content (AvgIpc) is 2.55. The van der Waals surface area contributed by atoms with Gasteiger partial charge >= 0.3 is 0 Å². The van der Waals surface area contributed by atoms with E-state index in [2.05, 4.69) is 4.98 Å². The molecule has 0 amide bonds. The number of ether oxygens (including phenoxy) is 2. The first kappa shape index (κ1) is 14.3. The van der Waals surface area contributed by atoms with Crippen LogP contribution in [-0.2, 0) is 11.3 Å². The number of aromatic nitrogens is 1. The van der Waals surface area contributed by atoms with E-state index in [1.54, 1.807) is 7.11 Å². The van der Waals surface area contributed by atoms with Crippen molar-refractivity contribution in [2.75, 3.05) is 7.11 Å². The Morgan fingerprint density at radius 3 is 2.86 bits per heavy atom. The van der Waals surface area contributed by atoms with Crippen LogP contribution in [0.5, 0.6) is 5.75 Å². The molecule has 2 N–H and O–H groups in total. The van der Waals surface area contributed by atoms with E-state index in [0.717, 1.165) is 47.9 Å². The van der Waals surface area contributed by atoms with Crippen LogP contribution in [0.4, 0.5) is 0 Å². The Hall–Kier alpha value is -1.65. The van der Waals surface area contributed by atoms with E-state index in [0.29, 0.717) is 12.6 Å². The molecule has 2 atom stereocenters. The summed E-state index contributed by atoms with van der Waals surface area (Å²) in [4.78, 5) is 4.45. The summed E-state index contributed by atoms with van der Waals surface area (Å²) >= 11 is 0. The third-order valence-corrected chi connectivity index (χ3v) is 4.22. The second kappa shape index (κ2) is 6.41. The number of pyridine rings is 1. The Balaban J connectivity index is 1.91. The molecule has 0 spiro atoms. The monoisotopic (exact) mass is 286 g/mol. The maximum absolute atomic E-state index is 6.32. The first-order chi connectivity index (χ1) is 10.3. The van der Waals surface area contributed by atoms with Gasteiger partial charge < -0.3 is 15.2 Å². The molecule has 0 radical (unpaired) electrons. The van der Waals surface area contributed by atoms with Crippen molar-refractivity contribution >= 4 is 10.9 Å². The Kier molecular flexibility index (Phi) is 4.36. The van der Waals surface area contributed by atoms with Crippen LogP contribution in [0.2, 0.25) is 0 Å². The first-order valence-corrected chi connectivity index (χ1v) is 7.58. The predicted octanol–water partition coefficient (Wildman–Crippen LogP) is 3.03. The molecule has 1 heterocycles.